The molecule has 1 aromatic rings. The molecule has 0 saturated carbocycles. The summed E-state index contributed by atoms with van der Waals surface area (Å²) >= 11 is 0. The topological polar surface area (TPSA) is 18.5 Å². The molecule has 1 heterocycles. The van der Waals surface area contributed by atoms with Crippen LogP contribution in [0.2, 0.25) is 0 Å². The van der Waals surface area contributed by atoms with E-state index >= 15 is 0 Å². The fraction of sp³-hybridized carbons (Fsp3) is 0.625. The van der Waals surface area contributed by atoms with Crippen LogP contribution in [0.4, 0.5) is 0 Å². The lowest BCUT2D eigenvalue weighted by atomic mass is 10.1. The largest absolute Gasteiger partial charge is 0.371 e. The highest BCUT2D eigenvalue weighted by atomic mass is 16.6. The van der Waals surface area contributed by atoms with Gasteiger partial charge >= 0.3 is 0 Å². The van der Waals surface area contributed by atoms with E-state index in [9.17, 15) is 0 Å². The molecular formula is C16H26NO2+. The monoisotopic (exact) mass is 264 g/mol. The first-order chi connectivity index (χ1) is 8.94. The predicted molar refractivity (Wildman–Crippen MR) is 76.9 cm³/mol. The minimum absolute atomic E-state index is 0.195. The molecule has 1 aliphatic heterocycles. The van der Waals surface area contributed by atoms with E-state index in [1.807, 2.05) is 18.2 Å². The van der Waals surface area contributed by atoms with Crippen LogP contribution >= 0.6 is 0 Å². The van der Waals surface area contributed by atoms with Gasteiger partial charge in [-0.3, -0.25) is 0 Å². The molecule has 3 nitrogen and oxygen atoms in total. The van der Waals surface area contributed by atoms with Crippen molar-refractivity contribution in [2.45, 2.75) is 38.3 Å². The fourth-order valence-corrected chi connectivity index (χ4v) is 2.61. The van der Waals surface area contributed by atoms with Gasteiger partial charge in [0.15, 0.2) is 0 Å². The van der Waals surface area contributed by atoms with Crippen LogP contribution in [0.15, 0.2) is 30.3 Å². The van der Waals surface area contributed by atoms with Crippen molar-refractivity contribution in [1.29, 1.82) is 0 Å². The smallest absolute Gasteiger partial charge is 0.109 e. The van der Waals surface area contributed by atoms with E-state index in [0.717, 1.165) is 17.4 Å². The number of nitrogens with zero attached hydrogens (tertiary/aromatic N) is 1. The molecule has 0 bridgehead atoms. The first-order valence-electron chi connectivity index (χ1n) is 7.05. The highest BCUT2D eigenvalue weighted by molar-refractivity contribution is 5.13. The summed E-state index contributed by atoms with van der Waals surface area (Å²) in [7, 11) is 6.60. The maximum Gasteiger partial charge on any atom is 0.109 e. The quantitative estimate of drug-likeness (QED) is 0.761. The van der Waals surface area contributed by atoms with Crippen LogP contribution in [0.5, 0.6) is 0 Å². The van der Waals surface area contributed by atoms with Crippen molar-refractivity contribution in [1.82, 2.24) is 0 Å². The van der Waals surface area contributed by atoms with Crippen LogP contribution in [0.1, 0.15) is 18.9 Å². The van der Waals surface area contributed by atoms with Crippen LogP contribution in [0, 0.1) is 0 Å². The van der Waals surface area contributed by atoms with E-state index in [4.69, 9.17) is 9.47 Å². The van der Waals surface area contributed by atoms with Crippen molar-refractivity contribution in [3.8, 4) is 0 Å². The van der Waals surface area contributed by atoms with Gasteiger partial charge in [0.1, 0.15) is 12.6 Å². The lowest BCUT2D eigenvalue weighted by Crippen LogP contribution is -2.41. The molecule has 1 fully saturated rings. The number of likely N-dealkylation sites (N-methyl/N-ethyl adjacent to an activating group) is 1. The van der Waals surface area contributed by atoms with Gasteiger partial charge in [0.25, 0.3) is 0 Å². The third-order valence-corrected chi connectivity index (χ3v) is 3.48. The normalized spacial score (nSPS) is 27.7. The van der Waals surface area contributed by atoms with Gasteiger partial charge in [-0.2, -0.15) is 0 Å². The zero-order valence-electron chi connectivity index (χ0n) is 12.5. The number of hydrogen-bond donors (Lipinski definition) is 0. The summed E-state index contributed by atoms with van der Waals surface area (Å²) in [5, 5.41) is 0. The summed E-state index contributed by atoms with van der Waals surface area (Å²) in [6.07, 6.45) is 1.73. The molecule has 0 aliphatic carbocycles. The van der Waals surface area contributed by atoms with Gasteiger partial charge in [0, 0.05) is 6.42 Å². The maximum absolute atomic E-state index is 6.01. The molecule has 1 aliphatic rings. The summed E-state index contributed by atoms with van der Waals surface area (Å²) in [5.74, 6) is 0. The van der Waals surface area contributed by atoms with Crippen LogP contribution in [-0.2, 0) is 16.1 Å². The van der Waals surface area contributed by atoms with Gasteiger partial charge in [-0.15, -0.1) is 0 Å². The Labute approximate surface area is 116 Å². The van der Waals surface area contributed by atoms with Crippen LogP contribution in [-0.4, -0.2) is 50.5 Å². The molecule has 2 rings (SSSR count). The standard InChI is InChI=1S/C16H26NO2/c1-13-16(10-15(19-13)11-17(2,3)4)18-12-14-8-6-5-7-9-14/h5-9,13,15-16H,10-12H2,1-4H3/q+1/t13-,15+,16+/m0/s1. The Morgan fingerprint density at radius 3 is 2.53 bits per heavy atom. The molecule has 0 N–H and O–H groups in total. The highest BCUT2D eigenvalue weighted by Crippen LogP contribution is 2.25. The Morgan fingerprint density at radius 1 is 1.21 bits per heavy atom. The summed E-state index contributed by atoms with van der Waals surface area (Å²) in [4.78, 5) is 0. The van der Waals surface area contributed by atoms with Crippen molar-refractivity contribution in [2.24, 2.45) is 0 Å². The minimum atomic E-state index is 0.195. The molecule has 3 heteroatoms. The van der Waals surface area contributed by atoms with Gasteiger partial charge in [-0.25, -0.2) is 0 Å². The maximum atomic E-state index is 6.01. The number of ether oxygens (including phenoxy) is 2. The van der Waals surface area contributed by atoms with Gasteiger partial charge in [-0.1, -0.05) is 30.3 Å². The lowest BCUT2D eigenvalue weighted by Gasteiger charge is -2.26. The van der Waals surface area contributed by atoms with Crippen molar-refractivity contribution in [3.05, 3.63) is 35.9 Å². The molecule has 1 saturated heterocycles. The van der Waals surface area contributed by atoms with E-state index in [1.54, 1.807) is 0 Å². The molecular weight excluding hydrogens is 238 g/mol. The molecule has 106 valence electrons. The molecule has 0 radical (unpaired) electrons. The van der Waals surface area contributed by atoms with Crippen molar-refractivity contribution in [3.63, 3.8) is 0 Å². The Kier molecular flexibility index (Phi) is 4.61. The Balaban J connectivity index is 1.82. The average Bonchev–Trinajstić information content (AvgIpc) is 2.66. The predicted octanol–water partition coefficient (Wildman–Crippen LogP) is 2.46. The summed E-state index contributed by atoms with van der Waals surface area (Å²) < 4.78 is 12.9. The first kappa shape index (κ1) is 14.5. The summed E-state index contributed by atoms with van der Waals surface area (Å²) in [6.45, 7) is 3.83. The van der Waals surface area contributed by atoms with Crippen LogP contribution in [0.25, 0.3) is 0 Å². The average molecular weight is 264 g/mol. The Hall–Kier alpha value is -0.900. The Bertz CT molecular complexity index is 385. The second-order valence-electron chi connectivity index (χ2n) is 6.51. The third kappa shape index (κ3) is 4.60. The van der Waals surface area contributed by atoms with Crippen LogP contribution < -0.4 is 0 Å². The van der Waals surface area contributed by atoms with E-state index in [-0.39, 0.29) is 12.2 Å². The number of hydrogen-bond acceptors (Lipinski definition) is 2. The first-order valence-corrected chi connectivity index (χ1v) is 7.05. The third-order valence-electron chi connectivity index (χ3n) is 3.48. The Morgan fingerprint density at radius 2 is 1.89 bits per heavy atom. The molecule has 0 spiro atoms. The number of quaternary nitrogens is 1. The highest BCUT2D eigenvalue weighted by Gasteiger charge is 2.35. The molecule has 3 atom stereocenters. The molecule has 0 amide bonds. The van der Waals surface area contributed by atoms with Crippen molar-refractivity contribution >= 4 is 0 Å². The van der Waals surface area contributed by atoms with E-state index in [2.05, 4.69) is 40.2 Å². The number of rotatable bonds is 5. The second kappa shape index (κ2) is 6.04. The van der Waals surface area contributed by atoms with E-state index < -0.39 is 0 Å². The van der Waals surface area contributed by atoms with Crippen LogP contribution in [0.3, 0.4) is 0 Å². The number of benzene rings is 1. The SMILES string of the molecule is C[C@@H]1O[C@@H](C[N+](C)(C)C)C[C@H]1OCc1ccccc1. The summed E-state index contributed by atoms with van der Waals surface area (Å²) in [6, 6.07) is 10.3. The zero-order valence-corrected chi connectivity index (χ0v) is 12.5. The lowest BCUT2D eigenvalue weighted by molar-refractivity contribution is -0.873. The van der Waals surface area contributed by atoms with Crippen molar-refractivity contribution < 1.29 is 14.0 Å². The molecule has 0 aromatic heterocycles. The second-order valence-corrected chi connectivity index (χ2v) is 6.51. The van der Waals surface area contributed by atoms with Gasteiger partial charge < -0.3 is 14.0 Å². The summed E-state index contributed by atoms with van der Waals surface area (Å²) in [5.41, 5.74) is 1.23. The van der Waals surface area contributed by atoms with Gasteiger partial charge in [0.05, 0.1) is 40.0 Å². The van der Waals surface area contributed by atoms with E-state index in [1.165, 1.54) is 5.56 Å². The molecule has 19 heavy (non-hydrogen) atoms. The fourth-order valence-electron chi connectivity index (χ4n) is 2.61. The molecule has 0 unspecified atom stereocenters. The van der Waals surface area contributed by atoms with Gasteiger partial charge in [-0.05, 0) is 12.5 Å². The van der Waals surface area contributed by atoms with E-state index in [0.29, 0.717) is 12.7 Å². The minimum Gasteiger partial charge on any atom is -0.371 e. The molecule has 1 aromatic carbocycles. The van der Waals surface area contributed by atoms with Crippen molar-refractivity contribution in [2.75, 3.05) is 27.7 Å². The zero-order chi connectivity index (χ0) is 13.9. The van der Waals surface area contributed by atoms with Gasteiger partial charge in [0.2, 0.25) is 0 Å².